The van der Waals surface area contributed by atoms with Gasteiger partial charge in [0.1, 0.15) is 12.0 Å². The summed E-state index contributed by atoms with van der Waals surface area (Å²) in [7, 11) is 0. The Balaban J connectivity index is 1.91. The zero-order valence-corrected chi connectivity index (χ0v) is 10.2. The van der Waals surface area contributed by atoms with Gasteiger partial charge in [0, 0.05) is 6.20 Å². The number of nitrogens with zero attached hydrogens (tertiary/aromatic N) is 4. The van der Waals surface area contributed by atoms with Gasteiger partial charge in [-0.3, -0.25) is 14.6 Å². The van der Waals surface area contributed by atoms with Gasteiger partial charge in [0.25, 0.3) is 11.8 Å². The molecule has 2 amide bonds. The average molecular weight is 264 g/mol. The zero-order chi connectivity index (χ0) is 13.9. The van der Waals surface area contributed by atoms with Crippen LogP contribution in [0.2, 0.25) is 0 Å². The summed E-state index contributed by atoms with van der Waals surface area (Å²) >= 11 is 0. The van der Waals surface area contributed by atoms with Crippen LogP contribution in [-0.4, -0.2) is 34.6 Å². The summed E-state index contributed by atoms with van der Waals surface area (Å²) in [5, 5.41) is 0. The summed E-state index contributed by atoms with van der Waals surface area (Å²) in [5.74, 6) is -0.855. The van der Waals surface area contributed by atoms with Crippen molar-refractivity contribution < 1.29 is 9.59 Å². The lowest BCUT2D eigenvalue weighted by Crippen LogP contribution is -2.18. The first-order valence-electron chi connectivity index (χ1n) is 5.83. The molecule has 96 valence electrons. The molecule has 3 rings (SSSR count). The molecule has 0 bridgehead atoms. The number of hydrogen-bond acceptors (Lipinski definition) is 4. The highest BCUT2D eigenvalue weighted by atomic mass is 16.2. The fourth-order valence-electron chi connectivity index (χ4n) is 1.75. The number of aromatic nitrogens is 1. The standard InChI is InChI=1S/C14H8N4O2/c19-13-10-7-9(4-5-11(10)16-8-17-13)18-14(20)12-3-1-2-6-15-12/h1-8H. The number of pyridine rings is 1. The van der Waals surface area contributed by atoms with Gasteiger partial charge in [0.15, 0.2) is 0 Å². The molecule has 0 N–H and O–H groups in total. The second kappa shape index (κ2) is 4.93. The van der Waals surface area contributed by atoms with Crippen LogP contribution in [0.25, 0.3) is 0 Å². The highest BCUT2D eigenvalue weighted by molar-refractivity contribution is 6.36. The second-order valence-electron chi connectivity index (χ2n) is 4.01. The van der Waals surface area contributed by atoms with Crippen molar-refractivity contribution in [1.82, 2.24) is 4.98 Å². The smallest absolute Gasteiger partial charge is 0.267 e. The molecule has 0 fully saturated rings. The molecule has 0 saturated carbocycles. The summed E-state index contributed by atoms with van der Waals surface area (Å²) in [5.41, 5.74) is 1.48. The van der Waals surface area contributed by atoms with Gasteiger partial charge >= 0.3 is 0 Å². The highest BCUT2D eigenvalue weighted by Crippen LogP contribution is 2.13. The molecular formula is C14H8N4O2. The van der Waals surface area contributed by atoms with Gasteiger partial charge in [-0.1, -0.05) is 6.07 Å². The molecule has 20 heavy (non-hydrogen) atoms. The van der Waals surface area contributed by atoms with Gasteiger partial charge in [-0.2, -0.15) is 4.99 Å². The molecule has 1 aromatic rings. The van der Waals surface area contributed by atoms with Gasteiger partial charge in [-0.15, -0.1) is 0 Å². The van der Waals surface area contributed by atoms with Crippen molar-refractivity contribution in [2.45, 2.75) is 0 Å². The van der Waals surface area contributed by atoms with Crippen molar-refractivity contribution in [3.8, 4) is 0 Å². The molecule has 6 heteroatoms. The molecule has 2 heterocycles. The van der Waals surface area contributed by atoms with Crippen LogP contribution in [0.3, 0.4) is 0 Å². The number of rotatable bonds is 1. The molecular weight excluding hydrogens is 256 g/mol. The molecule has 0 aromatic carbocycles. The topological polar surface area (TPSA) is 84.1 Å². The molecule has 0 spiro atoms. The molecule has 0 unspecified atom stereocenters. The maximum absolute atomic E-state index is 11.9. The van der Waals surface area contributed by atoms with E-state index in [0.717, 1.165) is 0 Å². The molecule has 0 radical (unpaired) electrons. The Kier molecular flexibility index (Phi) is 2.96. The van der Waals surface area contributed by atoms with Crippen LogP contribution in [0.5, 0.6) is 0 Å². The third kappa shape index (κ3) is 2.26. The minimum Gasteiger partial charge on any atom is -0.267 e. The molecule has 2 aliphatic rings. The van der Waals surface area contributed by atoms with Crippen LogP contribution in [-0.2, 0) is 4.79 Å². The van der Waals surface area contributed by atoms with Gasteiger partial charge < -0.3 is 0 Å². The normalized spacial score (nSPS) is 18.6. The first-order valence-corrected chi connectivity index (χ1v) is 5.83. The number of amides is 2. The summed E-state index contributed by atoms with van der Waals surface area (Å²) in [6, 6.07) is 5.00. The van der Waals surface area contributed by atoms with Crippen LogP contribution in [0.15, 0.2) is 63.2 Å². The monoisotopic (exact) mass is 264 g/mol. The van der Waals surface area contributed by atoms with E-state index in [1.54, 1.807) is 30.4 Å². The predicted molar refractivity (Wildman–Crippen MR) is 74.2 cm³/mol. The van der Waals surface area contributed by atoms with Crippen LogP contribution in [0.1, 0.15) is 10.5 Å². The molecule has 1 aliphatic carbocycles. The van der Waals surface area contributed by atoms with Gasteiger partial charge in [-0.25, -0.2) is 9.98 Å². The van der Waals surface area contributed by atoms with E-state index in [1.807, 2.05) is 0 Å². The van der Waals surface area contributed by atoms with Crippen LogP contribution in [0, 0.1) is 0 Å². The van der Waals surface area contributed by atoms with Crippen molar-refractivity contribution in [2.75, 3.05) is 0 Å². The average Bonchev–Trinajstić information content (AvgIpc) is 2.49. The van der Waals surface area contributed by atoms with Crippen molar-refractivity contribution in [2.24, 2.45) is 15.0 Å². The van der Waals surface area contributed by atoms with E-state index in [-0.39, 0.29) is 5.69 Å². The van der Waals surface area contributed by atoms with Gasteiger partial charge in [0.05, 0.1) is 17.0 Å². The molecule has 6 nitrogen and oxygen atoms in total. The number of aliphatic imine (C=N–C) groups is 3. The Morgan fingerprint density at radius 3 is 2.90 bits per heavy atom. The van der Waals surface area contributed by atoms with E-state index < -0.39 is 11.8 Å². The van der Waals surface area contributed by atoms with Crippen LogP contribution >= 0.6 is 0 Å². The van der Waals surface area contributed by atoms with Gasteiger partial charge in [0.2, 0.25) is 0 Å². The van der Waals surface area contributed by atoms with Crippen molar-refractivity contribution >= 4 is 29.6 Å². The summed E-state index contributed by atoms with van der Waals surface area (Å²) in [6.45, 7) is 0. The molecule has 0 atom stereocenters. The van der Waals surface area contributed by atoms with Crippen molar-refractivity contribution in [1.29, 1.82) is 0 Å². The van der Waals surface area contributed by atoms with E-state index in [1.165, 1.54) is 18.6 Å². The first-order chi connectivity index (χ1) is 9.74. The summed E-state index contributed by atoms with van der Waals surface area (Å²) in [6.07, 6.45) is 7.48. The minimum absolute atomic E-state index is 0.249. The largest absolute Gasteiger partial charge is 0.296 e. The number of carbonyl (C=O) groups excluding carboxylic acids is 2. The lowest BCUT2D eigenvalue weighted by molar-refractivity contribution is -0.113. The summed E-state index contributed by atoms with van der Waals surface area (Å²) in [4.78, 5) is 38.9. The van der Waals surface area contributed by atoms with E-state index in [4.69, 9.17) is 0 Å². The summed E-state index contributed by atoms with van der Waals surface area (Å²) < 4.78 is 0. The minimum atomic E-state index is -0.464. The second-order valence-corrected chi connectivity index (χ2v) is 4.01. The first kappa shape index (κ1) is 12.0. The fourth-order valence-corrected chi connectivity index (χ4v) is 1.75. The maximum atomic E-state index is 11.9. The Bertz CT molecular complexity index is 740. The Hall–Kier alpha value is -3.02. The van der Waals surface area contributed by atoms with E-state index >= 15 is 0 Å². The van der Waals surface area contributed by atoms with Crippen molar-refractivity contribution in [3.05, 3.63) is 53.9 Å². The van der Waals surface area contributed by atoms with E-state index in [0.29, 0.717) is 17.0 Å². The SMILES string of the molecule is O=C1N=CN=C2C=CC(=NC(=O)c3ccccn3)C=C12. The highest BCUT2D eigenvalue weighted by Gasteiger charge is 2.20. The molecule has 1 aliphatic heterocycles. The molecule has 0 saturated heterocycles. The Morgan fingerprint density at radius 2 is 2.10 bits per heavy atom. The van der Waals surface area contributed by atoms with Crippen molar-refractivity contribution in [3.63, 3.8) is 0 Å². The third-order valence-electron chi connectivity index (χ3n) is 2.70. The number of fused-ring (bicyclic) bond motifs is 1. The lowest BCUT2D eigenvalue weighted by Gasteiger charge is -2.10. The Labute approximate surface area is 114 Å². The lowest BCUT2D eigenvalue weighted by atomic mass is 10.0. The zero-order valence-electron chi connectivity index (χ0n) is 10.2. The fraction of sp³-hybridized carbons (Fsp3) is 0. The van der Waals surface area contributed by atoms with E-state index in [9.17, 15) is 9.59 Å². The van der Waals surface area contributed by atoms with Gasteiger partial charge in [-0.05, 0) is 30.4 Å². The predicted octanol–water partition coefficient (Wildman–Crippen LogP) is 1.17. The third-order valence-corrected chi connectivity index (χ3v) is 2.70. The van der Waals surface area contributed by atoms with E-state index in [2.05, 4.69) is 20.0 Å². The number of hydrogen-bond donors (Lipinski definition) is 0. The van der Waals surface area contributed by atoms with Crippen LogP contribution in [0.4, 0.5) is 0 Å². The maximum Gasteiger partial charge on any atom is 0.296 e. The Morgan fingerprint density at radius 1 is 1.20 bits per heavy atom. The molecule has 1 aromatic heterocycles. The quantitative estimate of drug-likeness (QED) is 0.713. The number of allylic oxidation sites excluding steroid dienone is 3. The number of carbonyl (C=O) groups is 2. The van der Waals surface area contributed by atoms with Crippen LogP contribution < -0.4 is 0 Å².